The van der Waals surface area contributed by atoms with Crippen molar-refractivity contribution in [1.29, 1.82) is 5.26 Å². The van der Waals surface area contributed by atoms with Crippen molar-refractivity contribution >= 4 is 35.0 Å². The number of furan rings is 1. The second kappa shape index (κ2) is 12.0. The molecule has 37 heavy (non-hydrogen) atoms. The number of nitrogens with one attached hydrogen (secondary N) is 1. The lowest BCUT2D eigenvalue weighted by Gasteiger charge is -2.28. The van der Waals surface area contributed by atoms with Crippen LogP contribution in [0.1, 0.15) is 18.6 Å². The molecule has 0 fully saturated rings. The minimum Gasteiger partial charge on any atom is -0.468 e. The van der Waals surface area contributed by atoms with Gasteiger partial charge in [-0.25, -0.2) is 4.79 Å². The van der Waals surface area contributed by atoms with Gasteiger partial charge in [-0.1, -0.05) is 60.8 Å². The van der Waals surface area contributed by atoms with Gasteiger partial charge in [0.2, 0.25) is 5.91 Å². The molecule has 1 aliphatic rings. The second-order valence-corrected chi connectivity index (χ2v) is 9.03. The van der Waals surface area contributed by atoms with E-state index >= 15 is 0 Å². The number of dihydropyridines is 1. The van der Waals surface area contributed by atoms with Gasteiger partial charge in [0.25, 0.3) is 0 Å². The standard InChI is InChI=1S/C29H25N3O4S/c1-3-16-36-29(34)26-20(2)31-28(23(18-30)27(26)24-15-10-17-35-24)37-19-25(33)32(21-11-6-4-7-12-21)22-13-8-5-9-14-22/h3-15,17,27,31H,1,16,19H2,2H3/t27-/m0/s1. The molecule has 2 aromatic carbocycles. The van der Waals surface area contributed by atoms with E-state index < -0.39 is 11.9 Å². The molecule has 0 spiro atoms. The Labute approximate surface area is 219 Å². The Kier molecular flexibility index (Phi) is 8.29. The molecule has 1 amide bonds. The zero-order valence-corrected chi connectivity index (χ0v) is 21.0. The first kappa shape index (κ1) is 25.6. The Morgan fingerprint density at radius 3 is 2.30 bits per heavy atom. The van der Waals surface area contributed by atoms with E-state index in [0.717, 1.165) is 11.4 Å². The van der Waals surface area contributed by atoms with Crippen molar-refractivity contribution in [3.8, 4) is 6.07 Å². The van der Waals surface area contributed by atoms with E-state index in [0.29, 0.717) is 16.5 Å². The number of carbonyl (C=O) groups is 2. The van der Waals surface area contributed by atoms with Crippen LogP contribution >= 0.6 is 11.8 Å². The molecule has 0 saturated carbocycles. The third kappa shape index (κ3) is 5.68. The summed E-state index contributed by atoms with van der Waals surface area (Å²) >= 11 is 1.20. The molecule has 3 aromatic rings. The van der Waals surface area contributed by atoms with Crippen LogP contribution in [0, 0.1) is 11.3 Å². The van der Waals surface area contributed by atoms with Crippen LogP contribution in [0.25, 0.3) is 0 Å². The number of hydrogen-bond donors (Lipinski definition) is 1. The van der Waals surface area contributed by atoms with Crippen LogP contribution in [0.15, 0.2) is 118 Å². The summed E-state index contributed by atoms with van der Waals surface area (Å²) in [4.78, 5) is 28.1. The summed E-state index contributed by atoms with van der Waals surface area (Å²) < 4.78 is 10.9. The van der Waals surface area contributed by atoms with Crippen LogP contribution in [-0.4, -0.2) is 24.2 Å². The zero-order chi connectivity index (χ0) is 26.2. The molecule has 1 aromatic heterocycles. The molecule has 0 saturated heterocycles. The molecule has 0 radical (unpaired) electrons. The molecular weight excluding hydrogens is 486 g/mol. The molecule has 0 bridgehead atoms. The molecule has 186 valence electrons. The van der Waals surface area contributed by atoms with E-state index in [9.17, 15) is 14.9 Å². The summed E-state index contributed by atoms with van der Waals surface area (Å²) in [5, 5.41) is 13.8. The van der Waals surface area contributed by atoms with E-state index in [-0.39, 0.29) is 29.4 Å². The molecule has 1 atom stereocenters. The first-order valence-electron chi connectivity index (χ1n) is 11.5. The van der Waals surface area contributed by atoms with Crippen molar-refractivity contribution in [3.63, 3.8) is 0 Å². The van der Waals surface area contributed by atoms with Gasteiger partial charge < -0.3 is 14.5 Å². The van der Waals surface area contributed by atoms with Crippen LogP contribution in [0.4, 0.5) is 11.4 Å². The fourth-order valence-corrected chi connectivity index (χ4v) is 4.98. The Bertz CT molecular complexity index is 1330. The van der Waals surface area contributed by atoms with Crippen LogP contribution in [-0.2, 0) is 14.3 Å². The molecule has 0 unspecified atom stereocenters. The average Bonchev–Trinajstić information content (AvgIpc) is 3.46. The summed E-state index contributed by atoms with van der Waals surface area (Å²) in [6.45, 7) is 5.35. The van der Waals surface area contributed by atoms with Gasteiger partial charge in [0.1, 0.15) is 12.4 Å². The molecule has 0 aliphatic carbocycles. The van der Waals surface area contributed by atoms with E-state index in [1.54, 1.807) is 24.0 Å². The van der Waals surface area contributed by atoms with E-state index in [1.807, 2.05) is 60.7 Å². The van der Waals surface area contributed by atoms with Gasteiger partial charge in [-0.3, -0.25) is 9.69 Å². The Hall–Kier alpha value is -4.48. The maximum absolute atomic E-state index is 13.5. The first-order valence-corrected chi connectivity index (χ1v) is 12.5. The molecule has 7 nitrogen and oxygen atoms in total. The van der Waals surface area contributed by atoms with Gasteiger partial charge in [-0.2, -0.15) is 5.26 Å². The predicted octanol–water partition coefficient (Wildman–Crippen LogP) is 5.80. The number of amides is 1. The normalized spacial score (nSPS) is 15.0. The molecule has 2 heterocycles. The average molecular weight is 512 g/mol. The molecular formula is C29H25N3O4S. The maximum atomic E-state index is 13.5. The molecule has 1 N–H and O–H groups in total. The number of para-hydroxylation sites is 2. The van der Waals surface area contributed by atoms with Gasteiger partial charge >= 0.3 is 5.97 Å². The second-order valence-electron chi connectivity index (χ2n) is 8.04. The largest absolute Gasteiger partial charge is 0.468 e. The number of esters is 1. The topological polar surface area (TPSA) is 95.6 Å². The number of hydrogen-bond acceptors (Lipinski definition) is 7. The lowest BCUT2D eigenvalue weighted by Crippen LogP contribution is -2.31. The van der Waals surface area contributed by atoms with Gasteiger partial charge in [-0.15, -0.1) is 0 Å². The minimum atomic E-state index is -0.768. The zero-order valence-electron chi connectivity index (χ0n) is 20.2. The summed E-state index contributed by atoms with van der Waals surface area (Å²) in [6, 6.07) is 24.4. The fraction of sp³-hybridized carbons (Fsp3) is 0.138. The summed E-state index contributed by atoms with van der Waals surface area (Å²) in [7, 11) is 0. The molecule has 4 rings (SSSR count). The van der Waals surface area contributed by atoms with Crippen LogP contribution in [0.5, 0.6) is 0 Å². The molecule has 1 aliphatic heterocycles. The number of nitriles is 1. The Morgan fingerprint density at radius 1 is 1.11 bits per heavy atom. The highest BCUT2D eigenvalue weighted by atomic mass is 32.2. The van der Waals surface area contributed by atoms with E-state index in [4.69, 9.17) is 9.15 Å². The summed E-state index contributed by atoms with van der Waals surface area (Å²) in [6.07, 6.45) is 2.97. The first-order chi connectivity index (χ1) is 18.0. The summed E-state index contributed by atoms with van der Waals surface area (Å²) in [5.74, 6) is -1.02. The smallest absolute Gasteiger partial charge is 0.337 e. The van der Waals surface area contributed by atoms with Gasteiger partial charge in [0.15, 0.2) is 0 Å². The Balaban J connectivity index is 1.64. The number of carbonyl (C=O) groups excluding carboxylic acids is 2. The third-order valence-electron chi connectivity index (χ3n) is 5.65. The fourth-order valence-electron chi connectivity index (χ4n) is 4.04. The third-order valence-corrected chi connectivity index (χ3v) is 6.65. The quantitative estimate of drug-likeness (QED) is 0.286. The van der Waals surface area contributed by atoms with Crippen molar-refractivity contribution < 1.29 is 18.7 Å². The van der Waals surface area contributed by atoms with Crippen LogP contribution in [0.2, 0.25) is 0 Å². The van der Waals surface area contributed by atoms with E-state index in [1.165, 1.54) is 24.1 Å². The number of nitrogens with zero attached hydrogens (tertiary/aromatic N) is 2. The highest BCUT2D eigenvalue weighted by Crippen LogP contribution is 2.41. The van der Waals surface area contributed by atoms with Crippen molar-refractivity contribution in [2.45, 2.75) is 12.8 Å². The van der Waals surface area contributed by atoms with Gasteiger partial charge in [0, 0.05) is 17.1 Å². The van der Waals surface area contributed by atoms with Crippen molar-refractivity contribution in [2.24, 2.45) is 0 Å². The summed E-state index contributed by atoms with van der Waals surface area (Å²) in [5.41, 5.74) is 2.55. The number of thioether (sulfide) groups is 1. The van der Waals surface area contributed by atoms with Crippen molar-refractivity contribution in [2.75, 3.05) is 17.3 Å². The van der Waals surface area contributed by atoms with Crippen LogP contribution < -0.4 is 10.2 Å². The molecule has 8 heteroatoms. The predicted molar refractivity (Wildman–Crippen MR) is 144 cm³/mol. The monoisotopic (exact) mass is 511 g/mol. The number of ether oxygens (including phenoxy) is 1. The number of anilines is 2. The SMILES string of the molecule is C=CCOC(=O)C1=C(C)NC(SCC(=O)N(c2ccccc2)c2ccccc2)=C(C#N)[C@H]1c1ccco1. The van der Waals surface area contributed by atoms with Crippen molar-refractivity contribution in [3.05, 3.63) is 119 Å². The lowest BCUT2D eigenvalue weighted by molar-refractivity contribution is -0.138. The lowest BCUT2D eigenvalue weighted by atomic mass is 9.86. The maximum Gasteiger partial charge on any atom is 0.337 e. The Morgan fingerprint density at radius 2 is 1.76 bits per heavy atom. The van der Waals surface area contributed by atoms with Gasteiger partial charge in [0.05, 0.1) is 40.2 Å². The number of allylic oxidation sites excluding steroid dienone is 2. The number of benzene rings is 2. The van der Waals surface area contributed by atoms with Crippen LogP contribution in [0.3, 0.4) is 0 Å². The van der Waals surface area contributed by atoms with Crippen molar-refractivity contribution in [1.82, 2.24) is 5.32 Å². The highest BCUT2D eigenvalue weighted by molar-refractivity contribution is 8.03. The van der Waals surface area contributed by atoms with E-state index in [2.05, 4.69) is 18.0 Å². The van der Waals surface area contributed by atoms with Gasteiger partial charge in [-0.05, 0) is 43.3 Å². The number of rotatable bonds is 9. The highest BCUT2D eigenvalue weighted by Gasteiger charge is 2.37. The minimum absolute atomic E-state index is 0.0387.